The molecule has 1 aliphatic heterocycles. The SMILES string of the molecule is CCN(Cc1ccc2c(c1)OCO2)C(=O)CSc1nnc(-c2ccco2)n1N. The molecule has 0 aliphatic carbocycles. The van der Waals surface area contributed by atoms with Gasteiger partial charge in [-0.1, -0.05) is 17.8 Å². The smallest absolute Gasteiger partial charge is 0.233 e. The van der Waals surface area contributed by atoms with E-state index in [9.17, 15) is 4.79 Å². The van der Waals surface area contributed by atoms with Crippen molar-refractivity contribution in [2.24, 2.45) is 0 Å². The molecule has 146 valence electrons. The summed E-state index contributed by atoms with van der Waals surface area (Å²) in [4.78, 5) is 14.4. The number of hydrogen-bond acceptors (Lipinski definition) is 8. The van der Waals surface area contributed by atoms with E-state index in [1.165, 1.54) is 22.7 Å². The van der Waals surface area contributed by atoms with Crippen molar-refractivity contribution in [3.8, 4) is 23.1 Å². The highest BCUT2D eigenvalue weighted by atomic mass is 32.2. The minimum absolute atomic E-state index is 0.0206. The third-order valence-corrected chi connectivity index (χ3v) is 5.20. The molecule has 9 nitrogen and oxygen atoms in total. The number of carbonyl (C=O) groups excluding carboxylic acids is 1. The molecule has 0 bridgehead atoms. The molecule has 0 saturated carbocycles. The quantitative estimate of drug-likeness (QED) is 0.474. The van der Waals surface area contributed by atoms with Gasteiger partial charge in [0.2, 0.25) is 23.7 Å². The van der Waals surface area contributed by atoms with E-state index in [4.69, 9.17) is 19.7 Å². The number of nitrogens with two attached hydrogens (primary N) is 1. The average molecular weight is 401 g/mol. The second kappa shape index (κ2) is 7.85. The number of hydrogen-bond donors (Lipinski definition) is 1. The van der Waals surface area contributed by atoms with Crippen molar-refractivity contribution < 1.29 is 18.7 Å². The molecule has 0 unspecified atom stereocenters. The van der Waals surface area contributed by atoms with Crippen molar-refractivity contribution in [2.75, 3.05) is 24.9 Å². The van der Waals surface area contributed by atoms with Gasteiger partial charge in [0.05, 0.1) is 12.0 Å². The fraction of sp³-hybridized carbons (Fsp3) is 0.278. The summed E-state index contributed by atoms with van der Waals surface area (Å²) in [5, 5.41) is 8.51. The Morgan fingerprint density at radius 3 is 2.93 bits per heavy atom. The fourth-order valence-electron chi connectivity index (χ4n) is 2.80. The van der Waals surface area contributed by atoms with Crippen LogP contribution in [0.3, 0.4) is 0 Å². The molecule has 2 aromatic heterocycles. The van der Waals surface area contributed by atoms with Gasteiger partial charge in [0.1, 0.15) is 0 Å². The summed E-state index contributed by atoms with van der Waals surface area (Å²) in [6.07, 6.45) is 1.54. The maximum atomic E-state index is 12.7. The van der Waals surface area contributed by atoms with Crippen LogP contribution in [0.5, 0.6) is 11.5 Å². The molecule has 10 heteroatoms. The van der Waals surface area contributed by atoms with E-state index < -0.39 is 0 Å². The van der Waals surface area contributed by atoms with E-state index in [2.05, 4.69) is 10.2 Å². The molecule has 3 heterocycles. The highest BCUT2D eigenvalue weighted by molar-refractivity contribution is 7.99. The van der Waals surface area contributed by atoms with Crippen LogP contribution in [-0.2, 0) is 11.3 Å². The molecule has 1 aromatic carbocycles. The number of furan rings is 1. The lowest BCUT2D eigenvalue weighted by molar-refractivity contribution is -0.128. The molecule has 0 spiro atoms. The van der Waals surface area contributed by atoms with Crippen LogP contribution >= 0.6 is 11.8 Å². The summed E-state index contributed by atoms with van der Waals surface area (Å²) >= 11 is 1.23. The van der Waals surface area contributed by atoms with Gasteiger partial charge in [0.15, 0.2) is 17.3 Å². The van der Waals surface area contributed by atoms with E-state index in [0.717, 1.165) is 11.3 Å². The first-order valence-electron chi connectivity index (χ1n) is 8.69. The van der Waals surface area contributed by atoms with E-state index in [0.29, 0.717) is 35.6 Å². The van der Waals surface area contributed by atoms with Gasteiger partial charge in [-0.2, -0.15) is 0 Å². The van der Waals surface area contributed by atoms with Crippen LogP contribution in [0, 0.1) is 0 Å². The van der Waals surface area contributed by atoms with Gasteiger partial charge in [0.25, 0.3) is 0 Å². The zero-order chi connectivity index (χ0) is 19.5. The Hall–Kier alpha value is -3.14. The number of aromatic nitrogens is 3. The Bertz CT molecular complexity index is 973. The highest BCUT2D eigenvalue weighted by Gasteiger charge is 2.19. The van der Waals surface area contributed by atoms with Crippen molar-refractivity contribution in [3.05, 3.63) is 42.2 Å². The Kier molecular flexibility index (Phi) is 5.11. The molecule has 1 amide bonds. The van der Waals surface area contributed by atoms with Crippen LogP contribution in [-0.4, -0.2) is 44.8 Å². The lowest BCUT2D eigenvalue weighted by atomic mass is 10.2. The Labute approximate surface area is 165 Å². The number of nitrogen functional groups attached to an aromatic ring is 1. The zero-order valence-electron chi connectivity index (χ0n) is 15.2. The molecule has 0 fully saturated rings. The standard InChI is InChI=1S/C18H19N5O4S/c1-2-22(9-12-5-6-13-15(8-12)27-11-26-13)16(24)10-28-18-21-20-17(23(18)19)14-4-3-7-25-14/h3-8H,2,9-11,19H2,1H3. The summed E-state index contributed by atoms with van der Waals surface area (Å²) in [6.45, 7) is 3.24. The lowest BCUT2D eigenvalue weighted by Gasteiger charge is -2.21. The largest absolute Gasteiger partial charge is 0.461 e. The molecule has 0 atom stereocenters. The fourth-order valence-corrected chi connectivity index (χ4v) is 3.56. The molecule has 4 rings (SSSR count). The van der Waals surface area contributed by atoms with Crippen LogP contribution in [0.25, 0.3) is 11.6 Å². The first-order chi connectivity index (χ1) is 13.7. The summed E-state index contributed by atoms with van der Waals surface area (Å²) in [5.74, 6) is 8.57. The van der Waals surface area contributed by atoms with Crippen molar-refractivity contribution in [1.82, 2.24) is 19.8 Å². The minimum Gasteiger partial charge on any atom is -0.461 e. The molecule has 28 heavy (non-hydrogen) atoms. The first-order valence-corrected chi connectivity index (χ1v) is 9.67. The normalized spacial score (nSPS) is 12.3. The van der Waals surface area contributed by atoms with Crippen molar-refractivity contribution in [2.45, 2.75) is 18.6 Å². The third-order valence-electron chi connectivity index (χ3n) is 4.28. The number of amides is 1. The lowest BCUT2D eigenvalue weighted by Crippen LogP contribution is -2.31. The van der Waals surface area contributed by atoms with Crippen LogP contribution in [0.2, 0.25) is 0 Å². The van der Waals surface area contributed by atoms with Crippen molar-refractivity contribution >= 4 is 17.7 Å². The second-order valence-corrected chi connectivity index (χ2v) is 6.98. The Morgan fingerprint density at radius 2 is 2.14 bits per heavy atom. The van der Waals surface area contributed by atoms with Gasteiger partial charge in [-0.05, 0) is 36.8 Å². The predicted molar refractivity (Wildman–Crippen MR) is 102 cm³/mol. The third kappa shape index (κ3) is 3.63. The molecule has 0 radical (unpaired) electrons. The van der Waals surface area contributed by atoms with Gasteiger partial charge in [0, 0.05) is 13.1 Å². The second-order valence-electron chi connectivity index (χ2n) is 6.04. The molecule has 2 N–H and O–H groups in total. The maximum Gasteiger partial charge on any atom is 0.233 e. The van der Waals surface area contributed by atoms with E-state index >= 15 is 0 Å². The topological polar surface area (TPSA) is 109 Å². The summed E-state index contributed by atoms with van der Waals surface area (Å²) in [6, 6.07) is 9.19. The highest BCUT2D eigenvalue weighted by Crippen LogP contribution is 2.33. The van der Waals surface area contributed by atoms with E-state index in [1.54, 1.807) is 17.0 Å². The van der Waals surface area contributed by atoms with Crippen LogP contribution in [0.1, 0.15) is 12.5 Å². The number of nitrogens with zero attached hydrogens (tertiary/aromatic N) is 4. The molecule has 1 aliphatic rings. The number of rotatable bonds is 7. The van der Waals surface area contributed by atoms with Crippen molar-refractivity contribution in [1.29, 1.82) is 0 Å². The monoisotopic (exact) mass is 401 g/mol. The number of fused-ring (bicyclic) bond motifs is 1. The number of ether oxygens (including phenoxy) is 2. The van der Waals surface area contributed by atoms with Crippen LogP contribution in [0.15, 0.2) is 46.2 Å². The number of thioether (sulfide) groups is 1. The van der Waals surface area contributed by atoms with Crippen molar-refractivity contribution in [3.63, 3.8) is 0 Å². The predicted octanol–water partition coefficient (Wildman–Crippen LogP) is 2.12. The number of benzene rings is 1. The minimum atomic E-state index is -0.0206. The van der Waals surface area contributed by atoms with Crippen LogP contribution in [0.4, 0.5) is 0 Å². The zero-order valence-corrected chi connectivity index (χ0v) is 16.0. The van der Waals surface area contributed by atoms with Gasteiger partial charge in [-0.25, -0.2) is 4.68 Å². The summed E-state index contributed by atoms with van der Waals surface area (Å²) < 4.78 is 17.3. The first kappa shape index (κ1) is 18.2. The molecular weight excluding hydrogens is 382 g/mol. The molecular formula is C18H19N5O4S. The van der Waals surface area contributed by atoms with Crippen LogP contribution < -0.4 is 15.3 Å². The van der Waals surface area contributed by atoms with E-state index in [-0.39, 0.29) is 18.5 Å². The number of carbonyl (C=O) groups is 1. The Balaban J connectivity index is 1.38. The summed E-state index contributed by atoms with van der Waals surface area (Å²) in [5.41, 5.74) is 0.978. The van der Waals surface area contributed by atoms with Gasteiger partial charge >= 0.3 is 0 Å². The van der Waals surface area contributed by atoms with Gasteiger partial charge in [-0.3, -0.25) is 4.79 Å². The summed E-state index contributed by atoms with van der Waals surface area (Å²) in [7, 11) is 0. The van der Waals surface area contributed by atoms with E-state index in [1.807, 2.05) is 25.1 Å². The van der Waals surface area contributed by atoms with Gasteiger partial charge < -0.3 is 24.6 Å². The van der Waals surface area contributed by atoms with Gasteiger partial charge in [-0.15, -0.1) is 10.2 Å². The molecule has 0 saturated heterocycles. The maximum absolute atomic E-state index is 12.7. The Morgan fingerprint density at radius 1 is 1.29 bits per heavy atom. The average Bonchev–Trinajstić information content (AvgIpc) is 3.44. The molecule has 3 aromatic rings.